The molecule has 0 radical (unpaired) electrons. The lowest BCUT2D eigenvalue weighted by Crippen LogP contribution is -2.26. The molecule has 3 atom stereocenters. The van der Waals surface area contributed by atoms with Crippen molar-refractivity contribution in [3.8, 4) is 0 Å². The number of rotatable bonds is 4. The maximum Gasteiger partial charge on any atom is 0.307 e. The summed E-state index contributed by atoms with van der Waals surface area (Å²) in [5.74, 6) is -2.36. The number of halogens is 2. The van der Waals surface area contributed by atoms with Crippen molar-refractivity contribution in [2.45, 2.75) is 24.0 Å². The summed E-state index contributed by atoms with van der Waals surface area (Å²) in [4.78, 5) is 11.1. The van der Waals surface area contributed by atoms with Gasteiger partial charge in [0, 0.05) is 10.1 Å². The molecule has 0 heterocycles. The molecule has 3 unspecified atom stereocenters. The third kappa shape index (κ3) is 3.26. The van der Waals surface area contributed by atoms with E-state index in [0.29, 0.717) is 4.90 Å². The van der Waals surface area contributed by atoms with E-state index in [0.717, 1.165) is 6.07 Å². The van der Waals surface area contributed by atoms with E-state index >= 15 is 0 Å². The molecular weight excluding hydrogens is 267 g/mol. The first-order chi connectivity index (χ1) is 7.84. The Morgan fingerprint density at radius 2 is 2.06 bits per heavy atom. The minimum absolute atomic E-state index is 0.119. The molecule has 1 rings (SSSR count). The van der Waals surface area contributed by atoms with Gasteiger partial charge in [0.05, 0.1) is 21.7 Å². The number of benzene rings is 1. The highest BCUT2D eigenvalue weighted by Gasteiger charge is 2.25. The van der Waals surface area contributed by atoms with Crippen LogP contribution in [0.1, 0.15) is 13.8 Å². The molecule has 0 aliphatic heterocycles. The third-order valence-corrected chi connectivity index (χ3v) is 4.65. The van der Waals surface area contributed by atoms with Gasteiger partial charge in [-0.25, -0.2) is 4.39 Å². The highest BCUT2D eigenvalue weighted by Crippen LogP contribution is 2.22. The van der Waals surface area contributed by atoms with Crippen LogP contribution in [0.2, 0.25) is 5.02 Å². The van der Waals surface area contributed by atoms with Gasteiger partial charge in [-0.2, -0.15) is 0 Å². The lowest BCUT2D eigenvalue weighted by atomic mass is 10.1. The maximum atomic E-state index is 12.9. The van der Waals surface area contributed by atoms with Crippen LogP contribution < -0.4 is 0 Å². The molecule has 17 heavy (non-hydrogen) atoms. The Labute approximate surface area is 106 Å². The fraction of sp³-hybridized carbons (Fsp3) is 0.364. The molecular formula is C11H12ClFO3S. The molecule has 1 N–H and O–H groups in total. The monoisotopic (exact) mass is 278 g/mol. The molecule has 0 fully saturated rings. The summed E-state index contributed by atoms with van der Waals surface area (Å²) in [5, 5.41) is 8.13. The first kappa shape index (κ1) is 14.1. The predicted molar refractivity (Wildman–Crippen MR) is 64.1 cm³/mol. The van der Waals surface area contributed by atoms with Gasteiger partial charge in [0.25, 0.3) is 0 Å². The van der Waals surface area contributed by atoms with E-state index in [1.807, 2.05) is 0 Å². The largest absolute Gasteiger partial charge is 0.481 e. The molecule has 94 valence electrons. The second kappa shape index (κ2) is 5.60. The summed E-state index contributed by atoms with van der Waals surface area (Å²) < 4.78 is 24.9. The number of aliphatic carboxylic acids is 1. The van der Waals surface area contributed by atoms with E-state index in [4.69, 9.17) is 16.7 Å². The van der Waals surface area contributed by atoms with Crippen LogP contribution in [-0.4, -0.2) is 20.5 Å². The van der Waals surface area contributed by atoms with Gasteiger partial charge in [-0.3, -0.25) is 9.00 Å². The van der Waals surface area contributed by atoms with E-state index in [-0.39, 0.29) is 5.02 Å². The zero-order valence-corrected chi connectivity index (χ0v) is 10.9. The Balaban J connectivity index is 2.96. The highest BCUT2D eigenvalue weighted by atomic mass is 35.5. The minimum Gasteiger partial charge on any atom is -0.481 e. The van der Waals surface area contributed by atoms with Gasteiger partial charge >= 0.3 is 5.97 Å². The summed E-state index contributed by atoms with van der Waals surface area (Å²) >= 11 is 5.58. The van der Waals surface area contributed by atoms with Gasteiger partial charge in [0.2, 0.25) is 0 Å². The Bertz CT molecular complexity index is 464. The molecule has 0 saturated carbocycles. The van der Waals surface area contributed by atoms with Crippen LogP contribution in [0.25, 0.3) is 0 Å². The molecule has 0 aliphatic carbocycles. The van der Waals surface area contributed by atoms with E-state index in [1.165, 1.54) is 19.1 Å². The standard InChI is InChI=1S/C11H12ClFO3S/c1-6(11(14)15)7(2)17(16)8-3-4-10(13)9(12)5-8/h3-7H,1-2H3,(H,14,15). The van der Waals surface area contributed by atoms with Crippen molar-refractivity contribution in [2.24, 2.45) is 5.92 Å². The van der Waals surface area contributed by atoms with Gasteiger partial charge in [0.1, 0.15) is 5.82 Å². The molecule has 1 aromatic carbocycles. The van der Waals surface area contributed by atoms with Gasteiger partial charge in [-0.15, -0.1) is 0 Å². The fourth-order valence-corrected chi connectivity index (χ4v) is 2.80. The Morgan fingerprint density at radius 3 is 2.53 bits per heavy atom. The summed E-state index contributed by atoms with van der Waals surface area (Å²) in [6.45, 7) is 3.06. The number of carboxylic acids is 1. The molecule has 0 spiro atoms. The molecule has 0 aliphatic rings. The smallest absolute Gasteiger partial charge is 0.307 e. The zero-order valence-electron chi connectivity index (χ0n) is 9.31. The van der Waals surface area contributed by atoms with Crippen LogP contribution in [-0.2, 0) is 15.6 Å². The van der Waals surface area contributed by atoms with Gasteiger partial charge < -0.3 is 5.11 Å². The first-order valence-corrected chi connectivity index (χ1v) is 6.52. The predicted octanol–water partition coefficient (Wildman–Crippen LogP) is 2.70. The second-order valence-electron chi connectivity index (χ2n) is 3.71. The minimum atomic E-state index is -1.53. The summed E-state index contributed by atoms with van der Waals surface area (Å²) in [5.41, 5.74) is 0. The first-order valence-electron chi connectivity index (χ1n) is 4.93. The molecule has 6 heteroatoms. The van der Waals surface area contributed by atoms with Gasteiger partial charge in [0.15, 0.2) is 0 Å². The normalized spacial score (nSPS) is 16.2. The molecule has 0 aromatic heterocycles. The van der Waals surface area contributed by atoms with E-state index in [2.05, 4.69) is 0 Å². The van der Waals surface area contributed by atoms with Gasteiger partial charge in [-0.1, -0.05) is 18.5 Å². The summed E-state index contributed by atoms with van der Waals surface area (Å²) in [7, 11) is -1.53. The van der Waals surface area contributed by atoms with Crippen LogP contribution in [0.5, 0.6) is 0 Å². The average molecular weight is 279 g/mol. The van der Waals surface area contributed by atoms with Crippen molar-refractivity contribution >= 4 is 28.4 Å². The lowest BCUT2D eigenvalue weighted by molar-refractivity contribution is -0.141. The fourth-order valence-electron chi connectivity index (χ4n) is 1.20. The highest BCUT2D eigenvalue weighted by molar-refractivity contribution is 7.85. The van der Waals surface area contributed by atoms with Crippen LogP contribution in [0, 0.1) is 11.7 Å². The van der Waals surface area contributed by atoms with Crippen LogP contribution in [0.4, 0.5) is 4.39 Å². The van der Waals surface area contributed by atoms with Crippen LogP contribution in [0.3, 0.4) is 0 Å². The number of carbonyl (C=O) groups is 1. The number of hydrogen-bond acceptors (Lipinski definition) is 2. The van der Waals surface area contributed by atoms with Crippen LogP contribution in [0.15, 0.2) is 23.1 Å². The maximum absolute atomic E-state index is 12.9. The van der Waals surface area contributed by atoms with Crippen molar-refractivity contribution in [1.29, 1.82) is 0 Å². The van der Waals surface area contributed by atoms with Crippen molar-refractivity contribution in [2.75, 3.05) is 0 Å². The van der Waals surface area contributed by atoms with Crippen molar-refractivity contribution < 1.29 is 18.5 Å². The van der Waals surface area contributed by atoms with E-state index in [1.54, 1.807) is 6.92 Å². The van der Waals surface area contributed by atoms with Gasteiger partial charge in [-0.05, 0) is 25.1 Å². The van der Waals surface area contributed by atoms with Crippen molar-refractivity contribution in [3.63, 3.8) is 0 Å². The molecule has 0 bridgehead atoms. The van der Waals surface area contributed by atoms with E-state index < -0.39 is 33.8 Å². The summed E-state index contributed by atoms with van der Waals surface area (Å²) in [6, 6.07) is 3.73. The molecule has 0 saturated heterocycles. The number of carboxylic acid groups (broad SMARTS) is 1. The summed E-state index contributed by atoms with van der Waals surface area (Å²) in [6.07, 6.45) is 0. The zero-order chi connectivity index (χ0) is 13.2. The quantitative estimate of drug-likeness (QED) is 0.921. The Hall–Kier alpha value is -0.940. The molecule has 3 nitrogen and oxygen atoms in total. The molecule has 1 aromatic rings. The third-order valence-electron chi connectivity index (χ3n) is 2.55. The van der Waals surface area contributed by atoms with Crippen molar-refractivity contribution in [3.05, 3.63) is 29.0 Å². The number of hydrogen-bond donors (Lipinski definition) is 1. The van der Waals surface area contributed by atoms with Crippen LogP contribution >= 0.6 is 11.6 Å². The Morgan fingerprint density at radius 1 is 1.47 bits per heavy atom. The molecule has 0 amide bonds. The SMILES string of the molecule is CC(C(=O)O)C(C)S(=O)c1ccc(F)c(Cl)c1. The topological polar surface area (TPSA) is 54.4 Å². The van der Waals surface area contributed by atoms with Crippen molar-refractivity contribution in [1.82, 2.24) is 0 Å². The average Bonchev–Trinajstić information content (AvgIpc) is 2.29. The second-order valence-corrected chi connectivity index (χ2v) is 5.92. The lowest BCUT2D eigenvalue weighted by Gasteiger charge is -2.15. The Kier molecular flexibility index (Phi) is 4.65. The van der Waals surface area contributed by atoms with E-state index in [9.17, 15) is 13.4 Å².